The van der Waals surface area contributed by atoms with E-state index in [0.29, 0.717) is 17.0 Å². The summed E-state index contributed by atoms with van der Waals surface area (Å²) in [5.41, 5.74) is 1.02. The second-order valence-electron chi connectivity index (χ2n) is 5.48. The number of nitrogens with one attached hydrogen (secondary N) is 2. The van der Waals surface area contributed by atoms with Gasteiger partial charge in [0.2, 0.25) is 5.91 Å². The van der Waals surface area contributed by atoms with Gasteiger partial charge in [-0.25, -0.2) is 0 Å². The van der Waals surface area contributed by atoms with Gasteiger partial charge in [-0.15, -0.1) is 11.8 Å². The Morgan fingerprint density at radius 1 is 1.04 bits per heavy atom. The average molecular weight is 342 g/mol. The van der Waals surface area contributed by atoms with Crippen molar-refractivity contribution in [1.82, 2.24) is 5.32 Å². The van der Waals surface area contributed by atoms with Crippen LogP contribution in [0.25, 0.3) is 0 Å². The molecule has 2 N–H and O–H groups in total. The number of rotatable bonds is 7. The Labute approximate surface area is 147 Å². The van der Waals surface area contributed by atoms with E-state index in [9.17, 15) is 9.59 Å². The molecule has 0 aromatic heterocycles. The van der Waals surface area contributed by atoms with Gasteiger partial charge in [-0.3, -0.25) is 9.59 Å². The lowest BCUT2D eigenvalue weighted by Gasteiger charge is -2.14. The number of carbonyl (C=O) groups excluding carboxylic acids is 2. The molecular weight excluding hydrogens is 320 g/mol. The molecule has 0 aliphatic carbocycles. The van der Waals surface area contributed by atoms with Gasteiger partial charge in [0.15, 0.2) is 0 Å². The lowest BCUT2D eigenvalue weighted by atomic mass is 10.1. The number of benzene rings is 2. The topological polar surface area (TPSA) is 58.2 Å². The maximum atomic E-state index is 12.3. The molecule has 0 heterocycles. The third kappa shape index (κ3) is 5.42. The molecule has 0 unspecified atom stereocenters. The summed E-state index contributed by atoms with van der Waals surface area (Å²) in [6, 6.07) is 16.9. The number of hydrogen-bond acceptors (Lipinski definition) is 3. The van der Waals surface area contributed by atoms with E-state index in [-0.39, 0.29) is 17.9 Å². The van der Waals surface area contributed by atoms with Gasteiger partial charge >= 0.3 is 0 Å². The summed E-state index contributed by atoms with van der Waals surface area (Å²) in [6.07, 6.45) is 0.855. The summed E-state index contributed by atoms with van der Waals surface area (Å²) in [5.74, 6) is -0.00526. The smallest absolute Gasteiger partial charge is 0.253 e. The van der Waals surface area contributed by atoms with Crippen molar-refractivity contribution in [2.24, 2.45) is 0 Å². The van der Waals surface area contributed by atoms with E-state index in [1.807, 2.05) is 44.2 Å². The third-order valence-electron chi connectivity index (χ3n) is 3.55. The molecule has 0 aliphatic heterocycles. The first-order valence-corrected chi connectivity index (χ1v) is 8.96. The van der Waals surface area contributed by atoms with Crippen LogP contribution in [0.1, 0.15) is 30.6 Å². The van der Waals surface area contributed by atoms with Crippen LogP contribution < -0.4 is 10.6 Å². The highest BCUT2D eigenvalue weighted by atomic mass is 32.2. The molecular formula is C19H22N2O2S. The molecule has 0 aliphatic rings. The van der Waals surface area contributed by atoms with Crippen molar-refractivity contribution in [3.05, 3.63) is 60.2 Å². The molecule has 0 spiro atoms. The van der Waals surface area contributed by atoms with Crippen molar-refractivity contribution in [1.29, 1.82) is 0 Å². The van der Waals surface area contributed by atoms with Crippen LogP contribution in [0.15, 0.2) is 59.5 Å². The molecule has 2 rings (SSSR count). The molecule has 2 aromatic carbocycles. The molecule has 1 atom stereocenters. The summed E-state index contributed by atoms with van der Waals surface area (Å²) >= 11 is 1.46. The van der Waals surface area contributed by atoms with Crippen molar-refractivity contribution >= 4 is 29.3 Å². The van der Waals surface area contributed by atoms with Gasteiger partial charge < -0.3 is 10.6 Å². The van der Waals surface area contributed by atoms with Crippen molar-refractivity contribution in [2.75, 3.05) is 11.1 Å². The minimum Gasteiger partial charge on any atom is -0.350 e. The van der Waals surface area contributed by atoms with Gasteiger partial charge in [0.25, 0.3) is 5.91 Å². The number of anilines is 1. The number of amides is 2. The monoisotopic (exact) mass is 342 g/mol. The number of para-hydroxylation sites is 1. The minimum absolute atomic E-state index is 0.0925. The minimum atomic E-state index is -0.170. The molecule has 4 nitrogen and oxygen atoms in total. The van der Waals surface area contributed by atoms with Crippen LogP contribution in [0.2, 0.25) is 0 Å². The molecule has 2 aromatic rings. The fraction of sp³-hybridized carbons (Fsp3) is 0.263. The molecule has 0 radical (unpaired) electrons. The second kappa shape index (κ2) is 9.13. The first-order chi connectivity index (χ1) is 11.6. The Hall–Kier alpha value is -2.27. The molecule has 0 saturated heterocycles. The fourth-order valence-electron chi connectivity index (χ4n) is 2.05. The van der Waals surface area contributed by atoms with E-state index in [2.05, 4.69) is 10.6 Å². The summed E-state index contributed by atoms with van der Waals surface area (Å²) < 4.78 is 0. The molecule has 0 fully saturated rings. The van der Waals surface area contributed by atoms with E-state index >= 15 is 0 Å². The zero-order chi connectivity index (χ0) is 17.4. The Morgan fingerprint density at radius 2 is 1.71 bits per heavy atom. The zero-order valence-electron chi connectivity index (χ0n) is 13.9. The van der Waals surface area contributed by atoms with E-state index < -0.39 is 0 Å². The molecule has 0 saturated carbocycles. The second-order valence-corrected chi connectivity index (χ2v) is 6.53. The third-order valence-corrected chi connectivity index (χ3v) is 4.56. The highest BCUT2D eigenvalue weighted by Gasteiger charge is 2.14. The van der Waals surface area contributed by atoms with Crippen LogP contribution in [-0.4, -0.2) is 23.6 Å². The van der Waals surface area contributed by atoms with Crippen LogP contribution in [0.5, 0.6) is 0 Å². The van der Waals surface area contributed by atoms with E-state index in [1.54, 1.807) is 24.3 Å². The van der Waals surface area contributed by atoms with Crippen LogP contribution >= 0.6 is 11.8 Å². The van der Waals surface area contributed by atoms with Crippen LogP contribution in [0, 0.1) is 0 Å². The first kappa shape index (κ1) is 18.1. The highest BCUT2D eigenvalue weighted by molar-refractivity contribution is 8.00. The predicted octanol–water partition coefficient (Wildman–Crippen LogP) is 3.95. The highest BCUT2D eigenvalue weighted by Crippen LogP contribution is 2.19. The van der Waals surface area contributed by atoms with Crippen LogP contribution in [0.3, 0.4) is 0 Å². The van der Waals surface area contributed by atoms with Crippen molar-refractivity contribution in [2.45, 2.75) is 31.2 Å². The van der Waals surface area contributed by atoms with Crippen LogP contribution in [0.4, 0.5) is 5.69 Å². The van der Waals surface area contributed by atoms with Crippen molar-refractivity contribution in [3.63, 3.8) is 0 Å². The maximum Gasteiger partial charge on any atom is 0.253 e. The fourth-order valence-corrected chi connectivity index (χ4v) is 2.77. The maximum absolute atomic E-state index is 12.3. The van der Waals surface area contributed by atoms with Gasteiger partial charge in [-0.1, -0.05) is 37.3 Å². The predicted molar refractivity (Wildman–Crippen MR) is 99.5 cm³/mol. The van der Waals surface area contributed by atoms with Gasteiger partial charge in [0, 0.05) is 10.9 Å². The summed E-state index contributed by atoms with van der Waals surface area (Å²) in [4.78, 5) is 25.5. The normalized spacial score (nSPS) is 11.6. The van der Waals surface area contributed by atoms with Gasteiger partial charge in [-0.05, 0) is 37.6 Å². The zero-order valence-corrected chi connectivity index (χ0v) is 14.7. The summed E-state index contributed by atoms with van der Waals surface area (Å²) in [5, 5.41) is 5.75. The van der Waals surface area contributed by atoms with Crippen molar-refractivity contribution in [3.8, 4) is 0 Å². The Kier molecular flexibility index (Phi) is 6.88. The first-order valence-electron chi connectivity index (χ1n) is 7.97. The van der Waals surface area contributed by atoms with E-state index in [1.165, 1.54) is 11.8 Å². The van der Waals surface area contributed by atoms with Gasteiger partial charge in [0.1, 0.15) is 0 Å². The molecule has 5 heteroatoms. The largest absolute Gasteiger partial charge is 0.350 e. The SMILES string of the molecule is CC[C@H](C)NC(=O)c1ccccc1NC(=O)CSc1ccccc1. The van der Waals surface area contributed by atoms with Gasteiger partial charge in [-0.2, -0.15) is 0 Å². The quantitative estimate of drug-likeness (QED) is 0.749. The van der Waals surface area contributed by atoms with Gasteiger partial charge in [0.05, 0.1) is 17.0 Å². The van der Waals surface area contributed by atoms with Crippen molar-refractivity contribution < 1.29 is 9.59 Å². The Bertz CT molecular complexity index is 689. The standard InChI is InChI=1S/C19H22N2O2S/c1-3-14(2)20-19(23)16-11-7-8-12-17(16)21-18(22)13-24-15-9-5-4-6-10-15/h4-12,14H,3,13H2,1-2H3,(H,20,23)(H,21,22)/t14-/m0/s1. The van der Waals surface area contributed by atoms with E-state index in [0.717, 1.165) is 11.3 Å². The van der Waals surface area contributed by atoms with E-state index in [4.69, 9.17) is 0 Å². The lowest BCUT2D eigenvalue weighted by Crippen LogP contribution is -2.32. The Morgan fingerprint density at radius 3 is 2.42 bits per heavy atom. The van der Waals surface area contributed by atoms with Crippen LogP contribution in [-0.2, 0) is 4.79 Å². The summed E-state index contributed by atoms with van der Waals surface area (Å²) in [6.45, 7) is 3.97. The average Bonchev–Trinajstić information content (AvgIpc) is 2.61. The Balaban J connectivity index is 1.99. The lowest BCUT2D eigenvalue weighted by molar-refractivity contribution is -0.113. The molecule has 0 bridgehead atoms. The summed E-state index contributed by atoms with van der Waals surface area (Å²) in [7, 11) is 0. The molecule has 126 valence electrons. The molecule has 2 amide bonds. The number of carbonyl (C=O) groups is 2. The number of hydrogen-bond donors (Lipinski definition) is 2. The number of thioether (sulfide) groups is 1. The molecule has 24 heavy (non-hydrogen) atoms.